The summed E-state index contributed by atoms with van der Waals surface area (Å²) in [5.74, 6) is 0.318. The number of hydrogen-bond acceptors (Lipinski definition) is 1. The smallest absolute Gasteiger partial charge is 0.164 e. The van der Waals surface area contributed by atoms with Crippen molar-refractivity contribution in [2.75, 3.05) is 0 Å². The summed E-state index contributed by atoms with van der Waals surface area (Å²) in [6, 6.07) is 0. The average molecular weight is 193 g/mol. The van der Waals surface area contributed by atoms with Gasteiger partial charge in [-0.25, -0.2) is 0 Å². The highest BCUT2D eigenvalue weighted by atomic mass is 16.1. The van der Waals surface area contributed by atoms with Crippen molar-refractivity contribution in [3.8, 4) is 0 Å². The monoisotopic (exact) mass is 193 g/mol. The van der Waals surface area contributed by atoms with E-state index in [1.165, 1.54) is 0 Å². The molecule has 0 saturated carbocycles. The van der Waals surface area contributed by atoms with Crippen molar-refractivity contribution in [2.45, 2.75) is 47.0 Å². The number of H-pyrrole nitrogens is 1. The van der Waals surface area contributed by atoms with Crippen LogP contribution in [-0.2, 0) is 6.42 Å². The van der Waals surface area contributed by atoms with Crippen LogP contribution in [0.1, 0.15) is 54.0 Å². The highest BCUT2D eigenvalue weighted by Crippen LogP contribution is 2.25. The molecular formula is C12H19NO. The molecule has 0 atom stereocenters. The molecule has 0 unspecified atom stereocenters. The second kappa shape index (κ2) is 4.45. The van der Waals surface area contributed by atoms with Gasteiger partial charge < -0.3 is 4.98 Å². The molecule has 1 aliphatic carbocycles. The first-order valence-corrected chi connectivity index (χ1v) is 5.41. The Balaban J connectivity index is 0.000000461. The van der Waals surface area contributed by atoms with E-state index in [1.807, 2.05) is 27.7 Å². The fraction of sp³-hybridized carbons (Fsp3) is 0.583. The van der Waals surface area contributed by atoms with E-state index in [1.54, 1.807) is 0 Å². The zero-order chi connectivity index (χ0) is 10.7. The summed E-state index contributed by atoms with van der Waals surface area (Å²) in [5, 5.41) is 0. The van der Waals surface area contributed by atoms with Crippen molar-refractivity contribution in [3.63, 3.8) is 0 Å². The lowest BCUT2D eigenvalue weighted by Crippen LogP contribution is -2.09. The lowest BCUT2D eigenvalue weighted by molar-refractivity contribution is 0.0972. The van der Waals surface area contributed by atoms with E-state index in [0.29, 0.717) is 5.78 Å². The Labute approximate surface area is 85.7 Å². The summed E-state index contributed by atoms with van der Waals surface area (Å²) in [7, 11) is 0. The van der Waals surface area contributed by atoms with Crippen molar-refractivity contribution in [1.82, 2.24) is 4.98 Å². The number of fused-ring (bicyclic) bond motifs is 1. The average Bonchev–Trinajstić information content (AvgIpc) is 2.47. The molecule has 0 fully saturated rings. The van der Waals surface area contributed by atoms with E-state index >= 15 is 0 Å². The van der Waals surface area contributed by atoms with E-state index in [2.05, 4.69) is 4.98 Å². The molecule has 14 heavy (non-hydrogen) atoms. The molecular weight excluding hydrogens is 174 g/mol. The van der Waals surface area contributed by atoms with Crippen LogP contribution in [0.25, 0.3) is 0 Å². The minimum atomic E-state index is 0.318. The largest absolute Gasteiger partial charge is 0.362 e. The molecule has 1 aliphatic rings. The summed E-state index contributed by atoms with van der Waals surface area (Å²) in [4.78, 5) is 14.8. The third kappa shape index (κ3) is 1.74. The predicted octanol–water partition coefficient (Wildman–Crippen LogP) is 3.18. The van der Waals surface area contributed by atoms with Gasteiger partial charge in [0.2, 0.25) is 0 Å². The van der Waals surface area contributed by atoms with Crippen LogP contribution in [0.15, 0.2) is 0 Å². The molecule has 1 aromatic rings. The maximum Gasteiger partial charge on any atom is 0.164 e. The Bertz CT molecular complexity index is 336. The molecule has 1 heterocycles. The Hall–Kier alpha value is -1.05. The number of ketones is 1. The quantitative estimate of drug-likeness (QED) is 0.674. The van der Waals surface area contributed by atoms with E-state index in [9.17, 15) is 4.79 Å². The second-order valence-corrected chi connectivity index (χ2v) is 3.51. The minimum absolute atomic E-state index is 0.318. The Morgan fingerprint density at radius 3 is 2.36 bits per heavy atom. The molecule has 2 nitrogen and oxygen atoms in total. The number of carbonyl (C=O) groups excluding carboxylic acids is 1. The second-order valence-electron chi connectivity index (χ2n) is 3.51. The van der Waals surface area contributed by atoms with Gasteiger partial charge in [0.05, 0.1) is 0 Å². The first-order valence-electron chi connectivity index (χ1n) is 5.41. The number of aromatic amines is 1. The summed E-state index contributed by atoms with van der Waals surface area (Å²) < 4.78 is 0. The summed E-state index contributed by atoms with van der Waals surface area (Å²) in [6.45, 7) is 8.05. The van der Waals surface area contributed by atoms with Crippen LogP contribution in [0.5, 0.6) is 0 Å². The molecule has 1 aromatic heterocycles. The SMILES string of the molecule is CC.Cc1[nH]c2c(c1C)C(=O)CCC2. The standard InChI is InChI=1S/C10H13NO.C2H6/c1-6-7(2)11-8-4-3-5-9(12)10(6)8;1-2/h11H,3-5H2,1-2H3;1-2H3. The number of rotatable bonds is 0. The van der Waals surface area contributed by atoms with Gasteiger partial charge in [-0.15, -0.1) is 0 Å². The van der Waals surface area contributed by atoms with E-state index in [0.717, 1.165) is 41.8 Å². The van der Waals surface area contributed by atoms with Crippen LogP contribution in [-0.4, -0.2) is 10.8 Å². The van der Waals surface area contributed by atoms with Gasteiger partial charge in [-0.1, -0.05) is 13.8 Å². The molecule has 0 radical (unpaired) electrons. The lowest BCUT2D eigenvalue weighted by atomic mass is 9.94. The van der Waals surface area contributed by atoms with Crippen LogP contribution < -0.4 is 0 Å². The Morgan fingerprint density at radius 2 is 1.79 bits per heavy atom. The number of carbonyl (C=O) groups is 1. The van der Waals surface area contributed by atoms with Crippen molar-refractivity contribution < 1.29 is 4.79 Å². The number of hydrogen-bond donors (Lipinski definition) is 1. The van der Waals surface area contributed by atoms with Gasteiger partial charge >= 0.3 is 0 Å². The third-order valence-corrected chi connectivity index (χ3v) is 2.69. The van der Waals surface area contributed by atoms with E-state index < -0.39 is 0 Å². The van der Waals surface area contributed by atoms with Crippen molar-refractivity contribution >= 4 is 5.78 Å². The third-order valence-electron chi connectivity index (χ3n) is 2.69. The number of nitrogens with one attached hydrogen (secondary N) is 1. The molecule has 0 amide bonds. The molecule has 1 N–H and O–H groups in total. The molecule has 0 bridgehead atoms. The summed E-state index contributed by atoms with van der Waals surface area (Å²) in [5.41, 5.74) is 4.42. The van der Waals surface area contributed by atoms with E-state index in [-0.39, 0.29) is 0 Å². The zero-order valence-electron chi connectivity index (χ0n) is 9.53. The Morgan fingerprint density at radius 1 is 1.14 bits per heavy atom. The molecule has 0 aliphatic heterocycles. The van der Waals surface area contributed by atoms with Gasteiger partial charge in [0, 0.05) is 23.4 Å². The first kappa shape index (κ1) is 11.0. The Kier molecular flexibility index (Phi) is 3.50. The number of aromatic nitrogens is 1. The maximum atomic E-state index is 11.5. The molecule has 2 rings (SSSR count). The van der Waals surface area contributed by atoms with Gasteiger partial charge in [-0.2, -0.15) is 0 Å². The van der Waals surface area contributed by atoms with Crippen LogP contribution in [0.3, 0.4) is 0 Å². The van der Waals surface area contributed by atoms with Gasteiger partial charge in [-0.3, -0.25) is 4.79 Å². The molecule has 0 saturated heterocycles. The van der Waals surface area contributed by atoms with E-state index in [4.69, 9.17) is 0 Å². The van der Waals surface area contributed by atoms with Crippen molar-refractivity contribution in [3.05, 3.63) is 22.5 Å². The zero-order valence-corrected chi connectivity index (χ0v) is 9.53. The van der Waals surface area contributed by atoms with Crippen LogP contribution in [0, 0.1) is 13.8 Å². The normalized spacial score (nSPS) is 14.4. The highest BCUT2D eigenvalue weighted by Gasteiger charge is 2.21. The molecule has 0 aromatic carbocycles. The first-order chi connectivity index (χ1) is 6.70. The topological polar surface area (TPSA) is 32.9 Å². The fourth-order valence-electron chi connectivity index (χ4n) is 1.91. The van der Waals surface area contributed by atoms with Crippen LogP contribution in [0.2, 0.25) is 0 Å². The van der Waals surface area contributed by atoms with Crippen molar-refractivity contribution in [2.24, 2.45) is 0 Å². The molecule has 0 spiro atoms. The van der Waals surface area contributed by atoms with Crippen molar-refractivity contribution in [1.29, 1.82) is 0 Å². The molecule has 2 heteroatoms. The van der Waals surface area contributed by atoms with Gasteiger partial charge in [0.25, 0.3) is 0 Å². The fourth-order valence-corrected chi connectivity index (χ4v) is 1.91. The minimum Gasteiger partial charge on any atom is -0.362 e. The summed E-state index contributed by atoms with van der Waals surface area (Å²) >= 11 is 0. The summed E-state index contributed by atoms with van der Waals surface area (Å²) in [6.07, 6.45) is 2.77. The van der Waals surface area contributed by atoms with Crippen LogP contribution in [0.4, 0.5) is 0 Å². The van der Waals surface area contributed by atoms with Gasteiger partial charge in [0.1, 0.15) is 0 Å². The molecule has 78 valence electrons. The lowest BCUT2D eigenvalue weighted by Gasteiger charge is -2.09. The highest BCUT2D eigenvalue weighted by molar-refractivity contribution is 5.99. The van der Waals surface area contributed by atoms with Gasteiger partial charge in [0.15, 0.2) is 5.78 Å². The predicted molar refractivity (Wildman–Crippen MR) is 58.9 cm³/mol. The van der Waals surface area contributed by atoms with Crippen LogP contribution >= 0.6 is 0 Å². The number of aryl methyl sites for hydroxylation is 2. The maximum absolute atomic E-state index is 11.5. The number of Topliss-reactive ketones (excluding diaryl/α,β-unsaturated/α-hetero) is 1. The van der Waals surface area contributed by atoms with Gasteiger partial charge in [-0.05, 0) is 32.3 Å².